The largest absolute Gasteiger partial charge is 0.608 e. The van der Waals surface area contributed by atoms with Crippen LogP contribution in [0.15, 0.2) is 0 Å². The van der Waals surface area contributed by atoms with Crippen molar-refractivity contribution in [3.63, 3.8) is 0 Å². The molecule has 0 N–H and O–H groups in total. The van der Waals surface area contributed by atoms with Crippen molar-refractivity contribution < 1.29 is 38.7 Å². The fourth-order valence-corrected chi connectivity index (χ4v) is 1.45. The second-order valence-corrected chi connectivity index (χ2v) is 3.21. The Labute approximate surface area is 109 Å². The molecule has 19 heavy (non-hydrogen) atoms. The number of imide groups is 1. The standard InChI is InChI=1S/C9H16N3O7/c1-15-11(10-7(13)5-6-8(10)14)9(19-18-4)12(16-2)17-3/h5-6H2,1-4H3/q+1. The highest BCUT2D eigenvalue weighted by molar-refractivity contribution is 6.00. The molecule has 1 aliphatic rings. The Morgan fingerprint density at radius 2 is 1.63 bits per heavy atom. The summed E-state index contributed by atoms with van der Waals surface area (Å²) in [5, 5.41) is 1.52. The molecule has 1 heterocycles. The molecule has 0 aliphatic carbocycles. The van der Waals surface area contributed by atoms with Crippen molar-refractivity contribution in [2.45, 2.75) is 12.8 Å². The third-order valence-corrected chi connectivity index (χ3v) is 2.19. The number of hydroxylamine groups is 2. The van der Waals surface area contributed by atoms with Gasteiger partial charge in [0.2, 0.25) is 0 Å². The quantitative estimate of drug-likeness (QED) is 0.158. The molecule has 0 radical (unpaired) electrons. The first-order chi connectivity index (χ1) is 9.10. The van der Waals surface area contributed by atoms with Gasteiger partial charge >= 0.3 is 6.02 Å². The summed E-state index contributed by atoms with van der Waals surface area (Å²) in [5.41, 5.74) is 0. The van der Waals surface area contributed by atoms with E-state index in [1.54, 1.807) is 0 Å². The minimum Gasteiger partial charge on any atom is -0.316 e. The van der Waals surface area contributed by atoms with Gasteiger partial charge in [-0.3, -0.25) is 9.59 Å². The van der Waals surface area contributed by atoms with Gasteiger partial charge in [0.15, 0.2) is 0 Å². The third kappa shape index (κ3) is 3.10. The molecule has 0 bridgehead atoms. The summed E-state index contributed by atoms with van der Waals surface area (Å²) in [6, 6.07) is -0.307. The number of hydrazone groups is 1. The van der Waals surface area contributed by atoms with Crippen LogP contribution < -0.4 is 0 Å². The van der Waals surface area contributed by atoms with Gasteiger partial charge in [-0.05, 0) is 0 Å². The number of carbonyl (C=O) groups excluding carboxylic acids is 2. The average Bonchev–Trinajstić information content (AvgIpc) is 2.73. The first-order valence-electron chi connectivity index (χ1n) is 5.26. The molecule has 10 nitrogen and oxygen atoms in total. The highest BCUT2D eigenvalue weighted by Gasteiger charge is 2.43. The molecule has 0 saturated carbocycles. The van der Waals surface area contributed by atoms with Crippen LogP contribution in [0, 0.1) is 0 Å². The molecule has 1 fully saturated rings. The maximum absolute atomic E-state index is 11.7. The number of hydrazine groups is 1. The SMILES string of the molecule is COOC(N(OC)OC)=[N+](OC)N1C(=O)CCC1=O. The monoisotopic (exact) mass is 278 g/mol. The molecule has 0 atom stereocenters. The molecule has 0 aromatic heterocycles. The Balaban J connectivity index is 3.20. The van der Waals surface area contributed by atoms with Crippen molar-refractivity contribution in [3.05, 3.63) is 0 Å². The van der Waals surface area contributed by atoms with Gasteiger partial charge in [-0.25, -0.2) is 4.89 Å². The van der Waals surface area contributed by atoms with E-state index in [2.05, 4.69) is 4.89 Å². The topological polar surface area (TPSA) is 89.8 Å². The lowest BCUT2D eigenvalue weighted by Gasteiger charge is -2.16. The van der Waals surface area contributed by atoms with Crippen LogP contribution in [-0.2, 0) is 33.9 Å². The first-order valence-corrected chi connectivity index (χ1v) is 5.26. The number of amides is 2. The van der Waals surface area contributed by atoms with Crippen LogP contribution in [0.1, 0.15) is 12.8 Å². The van der Waals surface area contributed by atoms with Gasteiger partial charge in [0.25, 0.3) is 11.8 Å². The molecule has 108 valence electrons. The fraction of sp³-hybridized carbons (Fsp3) is 0.667. The van der Waals surface area contributed by atoms with Crippen molar-refractivity contribution in [1.29, 1.82) is 0 Å². The molecular formula is C9H16N3O7+. The summed E-state index contributed by atoms with van der Waals surface area (Å²) in [7, 11) is 5.03. The first kappa shape index (κ1) is 15.1. The minimum absolute atomic E-state index is 0.0823. The Kier molecular flexibility index (Phi) is 5.48. The summed E-state index contributed by atoms with van der Waals surface area (Å²) in [6.07, 6.45) is 0.165. The van der Waals surface area contributed by atoms with Crippen LogP contribution in [0.4, 0.5) is 0 Å². The van der Waals surface area contributed by atoms with Crippen molar-refractivity contribution in [2.75, 3.05) is 28.4 Å². The predicted octanol–water partition coefficient (Wildman–Crippen LogP) is -1.02. The number of hydrogen-bond acceptors (Lipinski definition) is 7. The number of nitrogens with zero attached hydrogens (tertiary/aromatic N) is 3. The second-order valence-electron chi connectivity index (χ2n) is 3.21. The van der Waals surface area contributed by atoms with Crippen molar-refractivity contribution in [1.82, 2.24) is 10.2 Å². The molecule has 0 aromatic rings. The van der Waals surface area contributed by atoms with E-state index >= 15 is 0 Å². The summed E-state index contributed by atoms with van der Waals surface area (Å²) in [5.74, 6) is -0.896. The lowest BCUT2D eigenvalue weighted by Crippen LogP contribution is -2.48. The zero-order chi connectivity index (χ0) is 14.4. The molecule has 1 aliphatic heterocycles. The maximum Gasteiger partial charge on any atom is 0.608 e. The van der Waals surface area contributed by atoms with Crippen LogP contribution in [0.25, 0.3) is 0 Å². The van der Waals surface area contributed by atoms with Gasteiger partial charge in [-0.2, -0.15) is 14.6 Å². The van der Waals surface area contributed by atoms with Crippen LogP contribution in [0.5, 0.6) is 0 Å². The Bertz CT molecular complexity index is 364. The highest BCUT2D eigenvalue weighted by atomic mass is 17.2. The molecule has 1 rings (SSSR count). The summed E-state index contributed by atoms with van der Waals surface area (Å²) >= 11 is 0. The van der Waals surface area contributed by atoms with Gasteiger partial charge < -0.3 is 4.84 Å². The van der Waals surface area contributed by atoms with E-state index in [4.69, 9.17) is 19.4 Å². The van der Waals surface area contributed by atoms with Crippen molar-refractivity contribution >= 4 is 17.8 Å². The van der Waals surface area contributed by atoms with Gasteiger partial charge in [-0.15, -0.1) is 0 Å². The summed E-state index contributed by atoms with van der Waals surface area (Å²) < 4.78 is 0. The molecule has 0 unspecified atom stereocenters. The lowest BCUT2D eigenvalue weighted by molar-refractivity contribution is -0.875. The van der Waals surface area contributed by atoms with Crippen molar-refractivity contribution in [2.24, 2.45) is 0 Å². The number of amidine groups is 1. The lowest BCUT2D eigenvalue weighted by atomic mass is 10.4. The molecule has 2 amide bonds. The Morgan fingerprint density at radius 3 is 2.00 bits per heavy atom. The van der Waals surface area contributed by atoms with E-state index < -0.39 is 11.8 Å². The Morgan fingerprint density at radius 1 is 1.11 bits per heavy atom. The second kappa shape index (κ2) is 6.87. The Hall–Kier alpha value is -1.91. The number of rotatable bonds is 5. The molecule has 10 heteroatoms. The van der Waals surface area contributed by atoms with Crippen LogP contribution in [0.3, 0.4) is 0 Å². The molecular weight excluding hydrogens is 262 g/mol. The molecule has 0 spiro atoms. The average molecular weight is 278 g/mol. The predicted molar refractivity (Wildman–Crippen MR) is 57.3 cm³/mol. The van der Waals surface area contributed by atoms with E-state index in [1.165, 1.54) is 28.4 Å². The summed E-state index contributed by atoms with van der Waals surface area (Å²) in [6.45, 7) is 0. The van der Waals surface area contributed by atoms with E-state index in [-0.39, 0.29) is 18.9 Å². The summed E-state index contributed by atoms with van der Waals surface area (Å²) in [4.78, 5) is 48.0. The van der Waals surface area contributed by atoms with Crippen molar-refractivity contribution in [3.8, 4) is 0 Å². The number of carbonyl (C=O) groups is 2. The van der Waals surface area contributed by atoms with E-state index in [0.29, 0.717) is 0 Å². The zero-order valence-electron chi connectivity index (χ0n) is 11.1. The van der Waals surface area contributed by atoms with E-state index in [9.17, 15) is 9.59 Å². The van der Waals surface area contributed by atoms with Crippen LogP contribution >= 0.6 is 0 Å². The van der Waals surface area contributed by atoms with Gasteiger partial charge in [0.05, 0.1) is 31.4 Å². The molecule has 1 saturated heterocycles. The van der Waals surface area contributed by atoms with Gasteiger partial charge in [0.1, 0.15) is 7.11 Å². The van der Waals surface area contributed by atoms with Gasteiger partial charge in [0, 0.05) is 12.8 Å². The maximum atomic E-state index is 11.7. The highest BCUT2D eigenvalue weighted by Crippen LogP contribution is 2.13. The zero-order valence-corrected chi connectivity index (χ0v) is 11.1. The normalized spacial score (nSPS) is 16.5. The van der Waals surface area contributed by atoms with E-state index in [1.807, 2.05) is 0 Å². The van der Waals surface area contributed by atoms with Crippen LogP contribution in [-0.4, -0.2) is 61.4 Å². The third-order valence-electron chi connectivity index (χ3n) is 2.19. The van der Waals surface area contributed by atoms with Crippen LogP contribution in [0.2, 0.25) is 0 Å². The smallest absolute Gasteiger partial charge is 0.316 e. The molecule has 0 aromatic carbocycles. The fourth-order valence-electron chi connectivity index (χ4n) is 1.45. The minimum atomic E-state index is -0.448. The number of hydrogen-bond donors (Lipinski definition) is 0. The van der Waals surface area contributed by atoms with E-state index in [0.717, 1.165) is 15.1 Å². The van der Waals surface area contributed by atoms with Gasteiger partial charge in [-0.1, -0.05) is 5.01 Å².